The van der Waals surface area contributed by atoms with E-state index in [1.54, 1.807) is 6.07 Å². The Bertz CT molecular complexity index is 554. The summed E-state index contributed by atoms with van der Waals surface area (Å²) in [6, 6.07) is 7.46. The summed E-state index contributed by atoms with van der Waals surface area (Å²) in [5.74, 6) is 0.571. The van der Waals surface area contributed by atoms with E-state index in [9.17, 15) is 13.2 Å². The van der Waals surface area contributed by atoms with Crippen molar-refractivity contribution in [2.45, 2.75) is 6.92 Å². The van der Waals surface area contributed by atoms with Crippen molar-refractivity contribution in [3.8, 4) is 5.75 Å². The normalized spacial score (nSPS) is 18.1. The standard InChI is InChI=1S/C13H17NO4S/c1-11-3-2-4-12(9-11)18-10-13(15)14-5-7-19(16,17)8-6-14/h2-4,9H,5-8,10H2,1H3. The zero-order chi connectivity index (χ0) is 13.9. The Morgan fingerprint density at radius 1 is 1.32 bits per heavy atom. The van der Waals surface area contributed by atoms with Gasteiger partial charge in [-0.05, 0) is 24.6 Å². The van der Waals surface area contributed by atoms with Crippen LogP contribution >= 0.6 is 0 Å². The van der Waals surface area contributed by atoms with E-state index in [2.05, 4.69) is 0 Å². The second kappa shape index (κ2) is 5.61. The van der Waals surface area contributed by atoms with Crippen molar-refractivity contribution >= 4 is 15.7 Å². The number of rotatable bonds is 3. The quantitative estimate of drug-likeness (QED) is 0.816. The van der Waals surface area contributed by atoms with Gasteiger partial charge in [0.2, 0.25) is 0 Å². The van der Waals surface area contributed by atoms with Crippen LogP contribution in [0, 0.1) is 6.92 Å². The summed E-state index contributed by atoms with van der Waals surface area (Å²) in [4.78, 5) is 13.4. The molecular formula is C13H17NO4S. The van der Waals surface area contributed by atoms with Crippen LogP contribution in [0.5, 0.6) is 5.75 Å². The van der Waals surface area contributed by atoms with Gasteiger partial charge in [0.05, 0.1) is 11.5 Å². The molecule has 0 radical (unpaired) electrons. The van der Waals surface area contributed by atoms with E-state index in [0.717, 1.165) is 5.56 Å². The lowest BCUT2D eigenvalue weighted by molar-refractivity contribution is -0.133. The number of sulfone groups is 1. The third kappa shape index (κ3) is 3.96. The number of amides is 1. The van der Waals surface area contributed by atoms with Gasteiger partial charge in [0.25, 0.3) is 5.91 Å². The van der Waals surface area contributed by atoms with Gasteiger partial charge < -0.3 is 9.64 Å². The van der Waals surface area contributed by atoms with E-state index >= 15 is 0 Å². The predicted octanol–water partition coefficient (Wildman–Crippen LogP) is 0.631. The molecule has 1 saturated heterocycles. The van der Waals surface area contributed by atoms with Crippen molar-refractivity contribution < 1.29 is 17.9 Å². The Balaban J connectivity index is 1.85. The molecule has 6 heteroatoms. The van der Waals surface area contributed by atoms with E-state index in [1.165, 1.54) is 4.90 Å². The third-order valence-electron chi connectivity index (χ3n) is 3.05. The van der Waals surface area contributed by atoms with Crippen molar-refractivity contribution in [2.24, 2.45) is 0 Å². The van der Waals surface area contributed by atoms with Gasteiger partial charge in [-0.3, -0.25) is 4.79 Å². The summed E-state index contributed by atoms with van der Waals surface area (Å²) in [6.45, 7) is 2.42. The molecular weight excluding hydrogens is 266 g/mol. The monoisotopic (exact) mass is 283 g/mol. The molecule has 1 amide bonds. The summed E-state index contributed by atoms with van der Waals surface area (Å²) in [5.41, 5.74) is 1.06. The molecule has 1 heterocycles. The molecule has 0 N–H and O–H groups in total. The zero-order valence-corrected chi connectivity index (χ0v) is 11.6. The largest absolute Gasteiger partial charge is 0.484 e. The maximum Gasteiger partial charge on any atom is 0.260 e. The molecule has 0 bridgehead atoms. The molecule has 0 unspecified atom stereocenters. The molecule has 0 aliphatic carbocycles. The highest BCUT2D eigenvalue weighted by Gasteiger charge is 2.25. The van der Waals surface area contributed by atoms with Crippen LogP contribution in [0.25, 0.3) is 0 Å². The van der Waals surface area contributed by atoms with Gasteiger partial charge >= 0.3 is 0 Å². The summed E-state index contributed by atoms with van der Waals surface area (Å²) in [6.07, 6.45) is 0. The molecule has 1 aromatic rings. The van der Waals surface area contributed by atoms with Crippen molar-refractivity contribution in [3.63, 3.8) is 0 Å². The first kappa shape index (κ1) is 13.9. The molecule has 1 aliphatic heterocycles. The van der Waals surface area contributed by atoms with Crippen LogP contribution < -0.4 is 4.74 Å². The predicted molar refractivity (Wildman–Crippen MR) is 71.9 cm³/mol. The smallest absolute Gasteiger partial charge is 0.260 e. The summed E-state index contributed by atoms with van der Waals surface area (Å²) >= 11 is 0. The molecule has 1 aromatic carbocycles. The first-order valence-corrected chi connectivity index (χ1v) is 7.96. The third-order valence-corrected chi connectivity index (χ3v) is 4.66. The van der Waals surface area contributed by atoms with Crippen LogP contribution in [0.2, 0.25) is 0 Å². The van der Waals surface area contributed by atoms with Gasteiger partial charge in [-0.15, -0.1) is 0 Å². The van der Waals surface area contributed by atoms with Crippen molar-refractivity contribution in [1.82, 2.24) is 4.90 Å². The Morgan fingerprint density at radius 2 is 2.00 bits per heavy atom. The number of hydrogen-bond acceptors (Lipinski definition) is 4. The van der Waals surface area contributed by atoms with E-state index in [0.29, 0.717) is 5.75 Å². The molecule has 0 saturated carbocycles. The number of ether oxygens (including phenoxy) is 1. The van der Waals surface area contributed by atoms with Gasteiger partial charge in [-0.2, -0.15) is 0 Å². The molecule has 19 heavy (non-hydrogen) atoms. The van der Waals surface area contributed by atoms with E-state index in [4.69, 9.17) is 4.74 Å². The lowest BCUT2D eigenvalue weighted by Crippen LogP contribution is -2.45. The van der Waals surface area contributed by atoms with Crippen LogP contribution in [-0.2, 0) is 14.6 Å². The van der Waals surface area contributed by atoms with Gasteiger partial charge in [-0.1, -0.05) is 12.1 Å². The molecule has 2 rings (SSSR count). The SMILES string of the molecule is Cc1cccc(OCC(=O)N2CCS(=O)(=O)CC2)c1. The van der Waals surface area contributed by atoms with Crippen LogP contribution in [-0.4, -0.2) is 50.4 Å². The second-order valence-electron chi connectivity index (χ2n) is 4.64. The van der Waals surface area contributed by atoms with Gasteiger partial charge in [0.1, 0.15) is 5.75 Å². The second-order valence-corrected chi connectivity index (χ2v) is 6.94. The average Bonchev–Trinajstić information content (AvgIpc) is 2.36. The minimum absolute atomic E-state index is 0.0448. The number of nitrogens with zero attached hydrogens (tertiary/aromatic N) is 1. The van der Waals surface area contributed by atoms with Crippen molar-refractivity contribution in [2.75, 3.05) is 31.2 Å². The van der Waals surface area contributed by atoms with Crippen molar-refractivity contribution in [3.05, 3.63) is 29.8 Å². The Kier molecular flexibility index (Phi) is 4.09. The van der Waals surface area contributed by atoms with Gasteiger partial charge in [-0.25, -0.2) is 8.42 Å². The molecule has 0 aromatic heterocycles. The van der Waals surface area contributed by atoms with Gasteiger partial charge in [0, 0.05) is 13.1 Å². The highest BCUT2D eigenvalue weighted by atomic mass is 32.2. The minimum atomic E-state index is -2.96. The fourth-order valence-corrected chi connectivity index (χ4v) is 3.10. The number of aryl methyl sites for hydroxylation is 1. The van der Waals surface area contributed by atoms with Crippen LogP contribution in [0.15, 0.2) is 24.3 Å². The minimum Gasteiger partial charge on any atom is -0.484 e. The fourth-order valence-electron chi connectivity index (χ4n) is 1.90. The summed E-state index contributed by atoms with van der Waals surface area (Å²) in [5, 5.41) is 0. The number of hydrogen-bond donors (Lipinski definition) is 0. The first-order valence-electron chi connectivity index (χ1n) is 6.14. The van der Waals surface area contributed by atoms with Gasteiger partial charge in [0.15, 0.2) is 16.4 Å². The zero-order valence-electron chi connectivity index (χ0n) is 10.8. The summed E-state index contributed by atoms with van der Waals surface area (Å²) in [7, 11) is -2.96. The lowest BCUT2D eigenvalue weighted by Gasteiger charge is -2.26. The molecule has 1 aliphatic rings. The number of benzene rings is 1. The fraction of sp³-hybridized carbons (Fsp3) is 0.462. The number of carbonyl (C=O) groups is 1. The lowest BCUT2D eigenvalue weighted by atomic mass is 10.2. The first-order chi connectivity index (χ1) is 8.96. The summed E-state index contributed by atoms with van der Waals surface area (Å²) < 4.78 is 27.9. The highest BCUT2D eigenvalue weighted by Crippen LogP contribution is 2.12. The average molecular weight is 283 g/mol. The Hall–Kier alpha value is -1.56. The molecule has 104 valence electrons. The Morgan fingerprint density at radius 3 is 2.63 bits per heavy atom. The molecule has 5 nitrogen and oxygen atoms in total. The maximum absolute atomic E-state index is 11.9. The molecule has 0 atom stereocenters. The van der Waals surface area contributed by atoms with E-state index < -0.39 is 9.84 Å². The van der Waals surface area contributed by atoms with Crippen LogP contribution in [0.3, 0.4) is 0 Å². The molecule has 1 fully saturated rings. The molecule has 0 spiro atoms. The topological polar surface area (TPSA) is 63.7 Å². The van der Waals surface area contributed by atoms with Crippen molar-refractivity contribution in [1.29, 1.82) is 0 Å². The van der Waals surface area contributed by atoms with Crippen LogP contribution in [0.1, 0.15) is 5.56 Å². The van der Waals surface area contributed by atoms with E-state index in [1.807, 2.05) is 25.1 Å². The maximum atomic E-state index is 11.9. The van der Waals surface area contributed by atoms with Crippen LogP contribution in [0.4, 0.5) is 0 Å². The Labute approximate surface area is 113 Å². The van der Waals surface area contributed by atoms with E-state index in [-0.39, 0.29) is 37.1 Å². The number of carbonyl (C=O) groups excluding carboxylic acids is 1. The highest BCUT2D eigenvalue weighted by molar-refractivity contribution is 7.91.